The van der Waals surface area contributed by atoms with Crippen LogP contribution in [0.1, 0.15) is 5.56 Å². The Morgan fingerprint density at radius 3 is 2.33 bits per heavy atom. The fraction of sp³-hybridized carbons (Fsp3) is 0.316. The lowest BCUT2D eigenvalue weighted by Gasteiger charge is -2.37. The number of aliphatic imine (C=N–C) groups is 1. The van der Waals surface area contributed by atoms with E-state index in [0.717, 1.165) is 32.1 Å². The predicted octanol–water partition coefficient (Wildman–Crippen LogP) is 3.11. The molecule has 1 aliphatic rings. The number of nitrogens with one attached hydrogen (secondary N) is 1. The summed E-state index contributed by atoms with van der Waals surface area (Å²) >= 11 is 0. The Morgan fingerprint density at radius 1 is 1.07 bits per heavy atom. The van der Waals surface area contributed by atoms with Gasteiger partial charge in [0.2, 0.25) is 0 Å². The van der Waals surface area contributed by atoms with Crippen LogP contribution in [0, 0.1) is 10.1 Å². The standard InChI is InChI=1S/C19H23N5O2.HI/c1-20-19(21-15-16-7-5-6-10-18(16)24(25)26)23-13-11-22(12-14-23)17-8-3-2-4-9-17;/h2-10H,11-15H2,1H3,(H,20,21);1H. The minimum atomic E-state index is -0.349. The third kappa shape index (κ3) is 5.31. The van der Waals surface area contributed by atoms with Gasteiger partial charge < -0.3 is 15.1 Å². The maximum Gasteiger partial charge on any atom is 0.274 e. The van der Waals surface area contributed by atoms with E-state index in [1.165, 1.54) is 11.8 Å². The normalized spacial score (nSPS) is 14.5. The van der Waals surface area contributed by atoms with E-state index in [2.05, 4.69) is 44.4 Å². The molecule has 0 bridgehead atoms. The second-order valence-electron chi connectivity index (χ2n) is 6.10. The number of anilines is 1. The van der Waals surface area contributed by atoms with Gasteiger partial charge in [0.05, 0.1) is 4.92 Å². The Kier molecular flexibility index (Phi) is 7.83. The third-order valence-electron chi connectivity index (χ3n) is 4.54. The lowest BCUT2D eigenvalue weighted by molar-refractivity contribution is -0.385. The Labute approximate surface area is 176 Å². The minimum Gasteiger partial charge on any atom is -0.368 e. The van der Waals surface area contributed by atoms with E-state index in [4.69, 9.17) is 0 Å². The zero-order chi connectivity index (χ0) is 18.4. The summed E-state index contributed by atoms with van der Waals surface area (Å²) in [5.41, 5.74) is 2.01. The van der Waals surface area contributed by atoms with E-state index in [0.29, 0.717) is 12.1 Å². The number of hydrogen-bond donors (Lipinski definition) is 1. The van der Waals surface area contributed by atoms with Gasteiger partial charge in [-0.1, -0.05) is 36.4 Å². The summed E-state index contributed by atoms with van der Waals surface area (Å²) in [4.78, 5) is 19.7. The van der Waals surface area contributed by atoms with Crippen LogP contribution in [0.2, 0.25) is 0 Å². The van der Waals surface area contributed by atoms with Crippen LogP contribution in [-0.2, 0) is 6.54 Å². The van der Waals surface area contributed by atoms with Crippen molar-refractivity contribution in [1.82, 2.24) is 10.2 Å². The molecule has 1 aliphatic heterocycles. The van der Waals surface area contributed by atoms with Crippen LogP contribution in [-0.4, -0.2) is 49.0 Å². The van der Waals surface area contributed by atoms with E-state index in [1.54, 1.807) is 19.2 Å². The summed E-state index contributed by atoms with van der Waals surface area (Å²) in [6.07, 6.45) is 0. The predicted molar refractivity (Wildman–Crippen MR) is 119 cm³/mol. The second kappa shape index (κ2) is 10.1. The number of rotatable bonds is 4. The van der Waals surface area contributed by atoms with Crippen LogP contribution in [0.5, 0.6) is 0 Å². The molecule has 0 saturated carbocycles. The van der Waals surface area contributed by atoms with Crippen molar-refractivity contribution in [3.8, 4) is 0 Å². The lowest BCUT2D eigenvalue weighted by atomic mass is 10.2. The molecule has 0 atom stereocenters. The van der Waals surface area contributed by atoms with Gasteiger partial charge in [0.1, 0.15) is 0 Å². The fourth-order valence-electron chi connectivity index (χ4n) is 3.16. The number of nitrogens with zero attached hydrogens (tertiary/aromatic N) is 4. The molecule has 0 aliphatic carbocycles. The fourth-order valence-corrected chi connectivity index (χ4v) is 3.16. The van der Waals surface area contributed by atoms with Gasteiger partial charge in [-0.05, 0) is 12.1 Å². The summed E-state index contributed by atoms with van der Waals surface area (Å²) in [7, 11) is 1.74. The van der Waals surface area contributed by atoms with Crippen molar-refractivity contribution in [3.05, 3.63) is 70.3 Å². The molecular formula is C19H24IN5O2. The van der Waals surface area contributed by atoms with Crippen LogP contribution >= 0.6 is 24.0 Å². The summed E-state index contributed by atoms with van der Waals surface area (Å²) in [5.74, 6) is 0.774. The average Bonchev–Trinajstić information content (AvgIpc) is 2.70. The Morgan fingerprint density at radius 2 is 1.70 bits per heavy atom. The Bertz CT molecular complexity index is 777. The number of nitro benzene ring substituents is 1. The van der Waals surface area contributed by atoms with E-state index in [-0.39, 0.29) is 34.6 Å². The number of guanidine groups is 1. The number of nitro groups is 1. The van der Waals surface area contributed by atoms with Crippen molar-refractivity contribution in [2.45, 2.75) is 6.54 Å². The summed E-state index contributed by atoms with van der Waals surface area (Å²) < 4.78 is 0. The Balaban J connectivity index is 0.00000261. The minimum absolute atomic E-state index is 0. The Hall–Kier alpha value is -2.36. The van der Waals surface area contributed by atoms with Crippen molar-refractivity contribution >= 4 is 41.3 Å². The first-order valence-corrected chi connectivity index (χ1v) is 8.67. The number of halogens is 1. The van der Waals surface area contributed by atoms with E-state index in [1.807, 2.05) is 12.1 Å². The molecule has 3 rings (SSSR count). The third-order valence-corrected chi connectivity index (χ3v) is 4.54. The van der Waals surface area contributed by atoms with Gasteiger partial charge in [0.25, 0.3) is 5.69 Å². The number of benzene rings is 2. The monoisotopic (exact) mass is 481 g/mol. The highest BCUT2D eigenvalue weighted by Gasteiger charge is 2.20. The second-order valence-corrected chi connectivity index (χ2v) is 6.10. The van der Waals surface area contributed by atoms with E-state index >= 15 is 0 Å². The van der Waals surface area contributed by atoms with Crippen LogP contribution in [0.3, 0.4) is 0 Å². The number of hydrogen-bond acceptors (Lipinski definition) is 4. The number of para-hydroxylation sites is 2. The van der Waals surface area contributed by atoms with Gasteiger partial charge in [-0.2, -0.15) is 0 Å². The van der Waals surface area contributed by atoms with Gasteiger partial charge in [0.15, 0.2) is 5.96 Å². The molecule has 1 fully saturated rings. The first-order chi connectivity index (χ1) is 12.7. The molecule has 144 valence electrons. The molecule has 0 unspecified atom stereocenters. The first kappa shape index (κ1) is 20.9. The maximum atomic E-state index is 11.1. The van der Waals surface area contributed by atoms with Crippen molar-refractivity contribution in [2.24, 2.45) is 4.99 Å². The smallest absolute Gasteiger partial charge is 0.274 e. The van der Waals surface area contributed by atoms with Crippen molar-refractivity contribution in [2.75, 3.05) is 38.1 Å². The molecule has 0 amide bonds. The van der Waals surface area contributed by atoms with Crippen LogP contribution < -0.4 is 10.2 Å². The maximum absolute atomic E-state index is 11.1. The zero-order valence-corrected chi connectivity index (χ0v) is 17.6. The van der Waals surface area contributed by atoms with Gasteiger partial charge >= 0.3 is 0 Å². The highest BCUT2D eigenvalue weighted by Crippen LogP contribution is 2.18. The van der Waals surface area contributed by atoms with Crippen molar-refractivity contribution in [3.63, 3.8) is 0 Å². The molecule has 27 heavy (non-hydrogen) atoms. The van der Waals surface area contributed by atoms with Crippen LogP contribution in [0.15, 0.2) is 59.6 Å². The van der Waals surface area contributed by atoms with E-state index in [9.17, 15) is 10.1 Å². The van der Waals surface area contributed by atoms with Crippen molar-refractivity contribution in [1.29, 1.82) is 0 Å². The van der Waals surface area contributed by atoms with Crippen LogP contribution in [0.4, 0.5) is 11.4 Å². The van der Waals surface area contributed by atoms with Crippen molar-refractivity contribution < 1.29 is 4.92 Å². The highest BCUT2D eigenvalue weighted by atomic mass is 127. The largest absolute Gasteiger partial charge is 0.368 e. The molecule has 1 heterocycles. The van der Waals surface area contributed by atoms with E-state index < -0.39 is 0 Å². The zero-order valence-electron chi connectivity index (χ0n) is 15.2. The molecular weight excluding hydrogens is 457 g/mol. The molecule has 0 radical (unpaired) electrons. The highest BCUT2D eigenvalue weighted by molar-refractivity contribution is 14.0. The molecule has 1 saturated heterocycles. The first-order valence-electron chi connectivity index (χ1n) is 8.67. The molecule has 7 nitrogen and oxygen atoms in total. The summed E-state index contributed by atoms with van der Waals surface area (Å²) in [6, 6.07) is 17.2. The lowest BCUT2D eigenvalue weighted by Crippen LogP contribution is -2.52. The molecule has 8 heteroatoms. The molecule has 2 aromatic carbocycles. The molecule has 2 aromatic rings. The molecule has 0 aromatic heterocycles. The molecule has 0 spiro atoms. The van der Waals surface area contributed by atoms with Gasteiger partial charge in [-0.15, -0.1) is 24.0 Å². The van der Waals surface area contributed by atoms with Gasteiger partial charge in [-0.25, -0.2) is 0 Å². The molecule has 1 N–H and O–H groups in total. The van der Waals surface area contributed by atoms with Crippen LogP contribution in [0.25, 0.3) is 0 Å². The average molecular weight is 481 g/mol. The SMILES string of the molecule is CN=C(NCc1ccccc1[N+](=O)[O-])N1CCN(c2ccccc2)CC1.I. The summed E-state index contributed by atoms with van der Waals surface area (Å²) in [5, 5.41) is 14.4. The van der Waals surface area contributed by atoms with Gasteiger partial charge in [0, 0.05) is 57.1 Å². The van der Waals surface area contributed by atoms with Gasteiger partial charge in [-0.3, -0.25) is 15.1 Å². The topological polar surface area (TPSA) is 74.0 Å². The summed E-state index contributed by atoms with van der Waals surface area (Å²) in [6.45, 7) is 3.91. The number of piperazine rings is 1. The quantitative estimate of drug-likeness (QED) is 0.239.